The van der Waals surface area contributed by atoms with Gasteiger partial charge in [0, 0.05) is 25.7 Å². The highest BCUT2D eigenvalue weighted by atomic mass is 16.5. The Kier molecular flexibility index (Phi) is 8.79. The van der Waals surface area contributed by atoms with Gasteiger partial charge in [-0.15, -0.1) is 6.58 Å². The van der Waals surface area contributed by atoms with Gasteiger partial charge in [-0.2, -0.15) is 0 Å². The smallest absolute Gasteiger partial charge is 0.119 e. The monoisotopic (exact) mass is 290 g/mol. The lowest BCUT2D eigenvalue weighted by molar-refractivity contribution is 0.191. The number of nitrogens with zero attached hydrogens (tertiary/aromatic N) is 1. The van der Waals surface area contributed by atoms with Crippen molar-refractivity contribution in [3.05, 3.63) is 42.5 Å². The molecule has 0 atom stereocenters. The lowest BCUT2D eigenvalue weighted by Crippen LogP contribution is -2.34. The van der Waals surface area contributed by atoms with E-state index in [1.165, 1.54) is 5.56 Å². The fourth-order valence-electron chi connectivity index (χ4n) is 2.12. The van der Waals surface area contributed by atoms with Crippen LogP contribution in [-0.2, 0) is 6.54 Å². The first-order valence-corrected chi connectivity index (χ1v) is 7.94. The highest BCUT2D eigenvalue weighted by molar-refractivity contribution is 5.27. The number of hydrogen-bond donors (Lipinski definition) is 1. The molecule has 0 aromatic heterocycles. The van der Waals surface area contributed by atoms with E-state index in [1.807, 2.05) is 6.08 Å². The molecular formula is C18H30N2O. The normalized spacial score (nSPS) is 11.1. The molecule has 0 heterocycles. The second kappa shape index (κ2) is 10.4. The summed E-state index contributed by atoms with van der Waals surface area (Å²) in [6.45, 7) is 14.9. The van der Waals surface area contributed by atoms with E-state index in [9.17, 15) is 0 Å². The molecule has 0 unspecified atom stereocenters. The number of ether oxygens (including phenoxy) is 1. The van der Waals surface area contributed by atoms with E-state index in [2.05, 4.69) is 61.8 Å². The molecule has 0 aliphatic rings. The van der Waals surface area contributed by atoms with Crippen LogP contribution in [-0.4, -0.2) is 37.2 Å². The Bertz CT molecular complexity index is 387. The Hall–Kier alpha value is -1.32. The van der Waals surface area contributed by atoms with Crippen LogP contribution in [0.2, 0.25) is 0 Å². The molecule has 0 saturated carbocycles. The van der Waals surface area contributed by atoms with E-state index in [4.69, 9.17) is 4.74 Å². The average molecular weight is 290 g/mol. The first-order valence-electron chi connectivity index (χ1n) is 7.94. The highest BCUT2D eigenvalue weighted by Crippen LogP contribution is 2.12. The van der Waals surface area contributed by atoms with Gasteiger partial charge in [-0.1, -0.05) is 25.1 Å². The summed E-state index contributed by atoms with van der Waals surface area (Å²) in [5, 5.41) is 3.40. The van der Waals surface area contributed by atoms with E-state index in [0.717, 1.165) is 38.3 Å². The molecule has 0 bridgehead atoms. The summed E-state index contributed by atoms with van der Waals surface area (Å²) in [4.78, 5) is 2.34. The summed E-state index contributed by atoms with van der Waals surface area (Å²) in [6, 6.07) is 8.87. The average Bonchev–Trinajstić information content (AvgIpc) is 2.48. The molecule has 0 spiro atoms. The third-order valence-corrected chi connectivity index (χ3v) is 3.42. The first-order chi connectivity index (χ1) is 10.2. The summed E-state index contributed by atoms with van der Waals surface area (Å²) in [5.41, 5.74) is 1.30. The van der Waals surface area contributed by atoms with Crippen LogP contribution in [0.4, 0.5) is 0 Å². The van der Waals surface area contributed by atoms with E-state index >= 15 is 0 Å². The number of rotatable bonds is 11. The summed E-state index contributed by atoms with van der Waals surface area (Å²) < 4.78 is 5.82. The molecule has 0 aliphatic carbocycles. The van der Waals surface area contributed by atoms with Crippen molar-refractivity contribution in [2.45, 2.75) is 39.8 Å². The minimum Gasteiger partial charge on any atom is -0.492 e. The second-order valence-electron chi connectivity index (χ2n) is 5.55. The van der Waals surface area contributed by atoms with Gasteiger partial charge in [-0.05, 0) is 44.5 Å². The molecule has 0 fully saturated rings. The zero-order chi connectivity index (χ0) is 15.5. The van der Waals surface area contributed by atoms with Crippen molar-refractivity contribution in [1.29, 1.82) is 0 Å². The minimum absolute atomic E-state index is 0.513. The van der Waals surface area contributed by atoms with Crippen molar-refractivity contribution in [2.24, 2.45) is 0 Å². The van der Waals surface area contributed by atoms with Crippen molar-refractivity contribution in [3.8, 4) is 5.75 Å². The van der Waals surface area contributed by atoms with Crippen molar-refractivity contribution in [2.75, 3.05) is 26.2 Å². The van der Waals surface area contributed by atoms with Crippen LogP contribution in [0, 0.1) is 0 Å². The van der Waals surface area contributed by atoms with Gasteiger partial charge < -0.3 is 10.1 Å². The topological polar surface area (TPSA) is 24.5 Å². The van der Waals surface area contributed by atoms with Crippen LogP contribution >= 0.6 is 0 Å². The number of benzene rings is 1. The first kappa shape index (κ1) is 17.7. The summed E-state index contributed by atoms with van der Waals surface area (Å²) in [7, 11) is 0. The largest absolute Gasteiger partial charge is 0.492 e. The maximum absolute atomic E-state index is 5.82. The zero-order valence-electron chi connectivity index (χ0n) is 13.8. The quantitative estimate of drug-likeness (QED) is 0.499. The van der Waals surface area contributed by atoms with Crippen molar-refractivity contribution in [3.63, 3.8) is 0 Å². The molecule has 0 aliphatic heterocycles. The Morgan fingerprint density at radius 3 is 2.57 bits per heavy atom. The third-order valence-electron chi connectivity index (χ3n) is 3.42. The van der Waals surface area contributed by atoms with Crippen LogP contribution in [0.15, 0.2) is 36.9 Å². The molecule has 0 radical (unpaired) electrons. The van der Waals surface area contributed by atoms with Crippen LogP contribution < -0.4 is 10.1 Å². The molecule has 3 heteroatoms. The zero-order valence-corrected chi connectivity index (χ0v) is 13.8. The van der Waals surface area contributed by atoms with Crippen LogP contribution in [0.1, 0.15) is 32.8 Å². The lowest BCUT2D eigenvalue weighted by atomic mass is 10.2. The predicted octanol–water partition coefficient (Wildman–Crippen LogP) is 3.46. The molecule has 1 rings (SSSR count). The van der Waals surface area contributed by atoms with E-state index in [-0.39, 0.29) is 0 Å². The Morgan fingerprint density at radius 2 is 2.00 bits per heavy atom. The predicted molar refractivity (Wildman–Crippen MR) is 90.8 cm³/mol. The van der Waals surface area contributed by atoms with Crippen LogP contribution in [0.3, 0.4) is 0 Å². The van der Waals surface area contributed by atoms with Gasteiger partial charge in [0.15, 0.2) is 0 Å². The van der Waals surface area contributed by atoms with Gasteiger partial charge in [-0.25, -0.2) is 0 Å². The lowest BCUT2D eigenvalue weighted by Gasteiger charge is -2.24. The van der Waals surface area contributed by atoms with Gasteiger partial charge in [0.2, 0.25) is 0 Å². The standard InChI is InChI=1S/C18H30N2O/c1-5-11-19-15-17-7-9-18(10-8-17)21-14-13-20(12-6-2)16(3)4/h6-10,16,19H,2,5,11-15H2,1,3-4H3. The molecule has 118 valence electrons. The Balaban J connectivity index is 2.33. The van der Waals surface area contributed by atoms with E-state index in [0.29, 0.717) is 12.6 Å². The molecule has 1 N–H and O–H groups in total. The highest BCUT2D eigenvalue weighted by Gasteiger charge is 2.07. The Morgan fingerprint density at radius 1 is 1.29 bits per heavy atom. The maximum Gasteiger partial charge on any atom is 0.119 e. The summed E-state index contributed by atoms with van der Waals surface area (Å²) in [5.74, 6) is 0.941. The van der Waals surface area contributed by atoms with Gasteiger partial charge in [0.1, 0.15) is 12.4 Å². The van der Waals surface area contributed by atoms with Crippen LogP contribution in [0.5, 0.6) is 5.75 Å². The minimum atomic E-state index is 0.513. The van der Waals surface area contributed by atoms with E-state index < -0.39 is 0 Å². The number of hydrogen-bond acceptors (Lipinski definition) is 3. The SMILES string of the molecule is C=CCN(CCOc1ccc(CNCCC)cc1)C(C)C. The van der Waals surface area contributed by atoms with E-state index in [1.54, 1.807) is 0 Å². The Labute approximate surface area is 130 Å². The van der Waals surface area contributed by atoms with Crippen molar-refractivity contribution < 1.29 is 4.74 Å². The van der Waals surface area contributed by atoms with Gasteiger partial charge in [-0.3, -0.25) is 4.90 Å². The third kappa shape index (κ3) is 7.30. The molecule has 0 saturated heterocycles. The maximum atomic E-state index is 5.82. The number of nitrogens with one attached hydrogen (secondary N) is 1. The molecule has 0 amide bonds. The fourth-order valence-corrected chi connectivity index (χ4v) is 2.12. The van der Waals surface area contributed by atoms with Crippen molar-refractivity contribution >= 4 is 0 Å². The summed E-state index contributed by atoms with van der Waals surface area (Å²) in [6.07, 6.45) is 3.11. The molecule has 3 nitrogen and oxygen atoms in total. The van der Waals surface area contributed by atoms with Gasteiger partial charge >= 0.3 is 0 Å². The second-order valence-corrected chi connectivity index (χ2v) is 5.55. The van der Waals surface area contributed by atoms with Crippen LogP contribution in [0.25, 0.3) is 0 Å². The van der Waals surface area contributed by atoms with Crippen molar-refractivity contribution in [1.82, 2.24) is 10.2 Å². The fraction of sp³-hybridized carbons (Fsp3) is 0.556. The molecule has 1 aromatic rings. The molecular weight excluding hydrogens is 260 g/mol. The van der Waals surface area contributed by atoms with Gasteiger partial charge in [0.25, 0.3) is 0 Å². The summed E-state index contributed by atoms with van der Waals surface area (Å²) >= 11 is 0. The molecule has 21 heavy (non-hydrogen) atoms. The molecule has 1 aromatic carbocycles. The van der Waals surface area contributed by atoms with Gasteiger partial charge in [0.05, 0.1) is 0 Å².